The van der Waals surface area contributed by atoms with E-state index in [0.717, 1.165) is 34.9 Å². The first-order valence-corrected chi connectivity index (χ1v) is 10.5. The smallest absolute Gasteiger partial charge is 0.0739 e. The van der Waals surface area contributed by atoms with Gasteiger partial charge in [-0.3, -0.25) is 4.98 Å². The summed E-state index contributed by atoms with van der Waals surface area (Å²) >= 11 is 0. The molecule has 1 unspecified atom stereocenters. The highest BCUT2D eigenvalue weighted by atomic mass is 14.7. The van der Waals surface area contributed by atoms with E-state index >= 15 is 0 Å². The molecule has 0 fully saturated rings. The Morgan fingerprint density at radius 3 is 2.41 bits per heavy atom. The lowest BCUT2D eigenvalue weighted by Crippen LogP contribution is -2.28. The molecule has 0 amide bonds. The van der Waals surface area contributed by atoms with E-state index in [1.807, 2.05) is 12.3 Å². The number of hydrogen-bond donors (Lipinski definition) is 0. The third-order valence-electron chi connectivity index (χ3n) is 5.36. The predicted octanol–water partition coefficient (Wildman–Crippen LogP) is 6.30. The van der Waals surface area contributed by atoms with Crippen LogP contribution in [0.2, 0.25) is 0 Å². The molecule has 148 valence electrons. The van der Waals surface area contributed by atoms with Crippen molar-refractivity contribution in [3.8, 4) is 0 Å². The normalized spacial score (nSPS) is 17.0. The molecule has 1 heterocycles. The third-order valence-corrected chi connectivity index (χ3v) is 5.36. The van der Waals surface area contributed by atoms with Crippen LogP contribution in [0.25, 0.3) is 18.7 Å². The minimum absolute atomic E-state index is 0.486. The second-order valence-corrected chi connectivity index (χ2v) is 8.06. The van der Waals surface area contributed by atoms with Crippen molar-refractivity contribution in [2.45, 2.75) is 67.2 Å². The summed E-state index contributed by atoms with van der Waals surface area (Å²) in [6, 6.07) is 1.92. The van der Waals surface area contributed by atoms with Crippen LogP contribution >= 0.6 is 0 Å². The number of nitrogens with zero attached hydrogens (tertiary/aromatic N) is 1. The van der Waals surface area contributed by atoms with E-state index in [1.54, 1.807) is 0 Å². The Hall–Kier alpha value is -1.89. The molecular formula is C26H39N. The molecule has 1 aliphatic carbocycles. The van der Waals surface area contributed by atoms with Crippen LogP contribution in [0, 0.1) is 17.8 Å². The third kappa shape index (κ3) is 7.33. The van der Waals surface area contributed by atoms with E-state index in [9.17, 15) is 0 Å². The Balaban J connectivity index is 0.000000527. The van der Waals surface area contributed by atoms with Gasteiger partial charge >= 0.3 is 0 Å². The minimum atomic E-state index is 0.486. The van der Waals surface area contributed by atoms with Gasteiger partial charge in [-0.15, -0.1) is 0 Å². The number of pyridine rings is 1. The van der Waals surface area contributed by atoms with Crippen LogP contribution in [-0.4, -0.2) is 4.98 Å². The zero-order chi connectivity index (χ0) is 20.4. The van der Waals surface area contributed by atoms with Gasteiger partial charge in [0.15, 0.2) is 0 Å². The summed E-state index contributed by atoms with van der Waals surface area (Å²) in [6.45, 7) is 21.6. The Morgan fingerprint density at radius 1 is 1.19 bits per heavy atom. The van der Waals surface area contributed by atoms with E-state index in [4.69, 9.17) is 0 Å². The van der Waals surface area contributed by atoms with Crippen LogP contribution in [0.5, 0.6) is 0 Å². The zero-order valence-electron chi connectivity index (χ0n) is 18.4. The van der Waals surface area contributed by atoms with E-state index in [2.05, 4.69) is 84.0 Å². The van der Waals surface area contributed by atoms with Crippen molar-refractivity contribution in [2.75, 3.05) is 0 Å². The molecule has 1 nitrogen and oxygen atoms in total. The van der Waals surface area contributed by atoms with Crippen LogP contribution in [0.4, 0.5) is 0 Å². The molecule has 0 saturated heterocycles. The monoisotopic (exact) mass is 365 g/mol. The highest BCUT2D eigenvalue weighted by Crippen LogP contribution is 2.33. The highest BCUT2D eigenvalue weighted by molar-refractivity contribution is 5.72. The summed E-state index contributed by atoms with van der Waals surface area (Å²) in [7, 11) is 0. The van der Waals surface area contributed by atoms with Crippen LogP contribution < -0.4 is 10.4 Å². The average molecular weight is 366 g/mol. The molecule has 0 saturated carbocycles. The van der Waals surface area contributed by atoms with Crippen LogP contribution in [0.1, 0.15) is 72.9 Å². The van der Waals surface area contributed by atoms with Crippen molar-refractivity contribution in [2.24, 2.45) is 17.8 Å². The lowest BCUT2D eigenvalue weighted by Gasteiger charge is -2.23. The molecule has 0 spiro atoms. The fraction of sp³-hybridized carbons (Fsp3) is 0.500. The molecule has 0 aliphatic heterocycles. The maximum Gasteiger partial charge on any atom is 0.0739 e. The second-order valence-electron chi connectivity index (χ2n) is 8.06. The largest absolute Gasteiger partial charge is 0.256 e. The quantitative estimate of drug-likeness (QED) is 0.539. The summed E-state index contributed by atoms with van der Waals surface area (Å²) in [5, 5.41) is 1.92. The van der Waals surface area contributed by atoms with Crippen molar-refractivity contribution < 1.29 is 0 Å². The van der Waals surface area contributed by atoms with E-state index in [-0.39, 0.29) is 0 Å². The molecule has 2 rings (SSSR count). The Kier molecular flexibility index (Phi) is 10.1. The summed E-state index contributed by atoms with van der Waals surface area (Å²) in [5.74, 6) is 2.02. The lowest BCUT2D eigenvalue weighted by molar-refractivity contribution is 0.544. The van der Waals surface area contributed by atoms with Crippen LogP contribution in [-0.2, 0) is 0 Å². The summed E-state index contributed by atoms with van der Waals surface area (Å²) < 4.78 is 0. The lowest BCUT2D eigenvalue weighted by atomic mass is 9.82. The van der Waals surface area contributed by atoms with Crippen molar-refractivity contribution in [1.29, 1.82) is 0 Å². The molecule has 1 aliphatic rings. The Labute approximate surface area is 167 Å². The van der Waals surface area contributed by atoms with Crippen molar-refractivity contribution in [1.82, 2.24) is 4.98 Å². The van der Waals surface area contributed by atoms with Gasteiger partial charge in [-0.25, -0.2) is 0 Å². The summed E-state index contributed by atoms with van der Waals surface area (Å²) in [5.41, 5.74) is 3.65. The molecule has 1 atom stereocenters. The van der Waals surface area contributed by atoms with Gasteiger partial charge in [-0.05, 0) is 65.2 Å². The van der Waals surface area contributed by atoms with E-state index in [0.29, 0.717) is 11.8 Å². The van der Waals surface area contributed by atoms with Gasteiger partial charge in [-0.1, -0.05) is 84.9 Å². The predicted molar refractivity (Wildman–Crippen MR) is 123 cm³/mol. The Bertz CT molecular complexity index is 760. The number of aromatic nitrogens is 1. The molecule has 1 aromatic heterocycles. The summed E-state index contributed by atoms with van der Waals surface area (Å²) in [4.78, 5) is 4.59. The molecule has 0 bridgehead atoms. The standard InChI is InChI=1S/C20H25N.C6H14/c1-14(2)8-6-10-18-11-7-9-16(4)19(18)20-17(5)15(3)12-13-21-20;1-4-6(3)5-2/h6-9,12-14,18H,3,5,10-11H2,1-2,4H3;6H,4-5H2,1-3H3. The van der Waals surface area contributed by atoms with Crippen LogP contribution in [0.15, 0.2) is 42.1 Å². The highest BCUT2D eigenvalue weighted by Gasteiger charge is 2.20. The van der Waals surface area contributed by atoms with Gasteiger partial charge in [0.05, 0.1) is 5.69 Å². The maximum atomic E-state index is 4.59. The maximum absolute atomic E-state index is 4.59. The summed E-state index contributed by atoms with van der Waals surface area (Å²) in [6.07, 6.45) is 15.7. The SMILES string of the molecule is C=c1ccnc(C2=C(C)C=CCC2CC=CC(C)C)c1=C.CCC(C)CC. The second kappa shape index (κ2) is 11.7. The molecule has 0 radical (unpaired) electrons. The van der Waals surface area contributed by atoms with Gasteiger partial charge in [0.25, 0.3) is 0 Å². The topological polar surface area (TPSA) is 12.9 Å². The van der Waals surface area contributed by atoms with Gasteiger partial charge < -0.3 is 0 Å². The molecule has 1 heteroatoms. The van der Waals surface area contributed by atoms with E-state index < -0.39 is 0 Å². The first-order chi connectivity index (χ1) is 12.8. The van der Waals surface area contributed by atoms with Gasteiger partial charge in [0, 0.05) is 6.20 Å². The number of hydrogen-bond acceptors (Lipinski definition) is 1. The van der Waals surface area contributed by atoms with Crippen molar-refractivity contribution in [3.63, 3.8) is 0 Å². The first kappa shape index (κ1) is 23.1. The molecule has 1 aromatic rings. The van der Waals surface area contributed by atoms with Gasteiger partial charge in [-0.2, -0.15) is 0 Å². The molecule has 0 aromatic carbocycles. The van der Waals surface area contributed by atoms with Gasteiger partial charge in [0.1, 0.15) is 0 Å². The van der Waals surface area contributed by atoms with Crippen LogP contribution in [0.3, 0.4) is 0 Å². The number of rotatable bonds is 6. The number of allylic oxidation sites excluding steroid dienone is 6. The molecule has 27 heavy (non-hydrogen) atoms. The fourth-order valence-corrected chi connectivity index (χ4v) is 3.10. The van der Waals surface area contributed by atoms with Gasteiger partial charge in [0.2, 0.25) is 0 Å². The van der Waals surface area contributed by atoms with E-state index in [1.165, 1.54) is 24.0 Å². The molecular weight excluding hydrogens is 326 g/mol. The molecule has 0 N–H and O–H groups in total. The zero-order valence-corrected chi connectivity index (χ0v) is 18.4. The van der Waals surface area contributed by atoms with Crippen molar-refractivity contribution >= 4 is 18.7 Å². The van der Waals surface area contributed by atoms with Crippen molar-refractivity contribution in [3.05, 3.63) is 58.3 Å². The first-order valence-electron chi connectivity index (χ1n) is 10.5. The average Bonchev–Trinajstić information content (AvgIpc) is 2.64. The fourth-order valence-electron chi connectivity index (χ4n) is 3.10. The minimum Gasteiger partial charge on any atom is -0.256 e. The Morgan fingerprint density at radius 2 is 1.85 bits per heavy atom.